The van der Waals surface area contributed by atoms with Crippen LogP contribution < -0.4 is 0 Å². The Bertz CT molecular complexity index is 93.1. The van der Waals surface area contributed by atoms with Gasteiger partial charge in [0.2, 0.25) is 0 Å². The third-order valence-electron chi connectivity index (χ3n) is 1.08. The summed E-state index contributed by atoms with van der Waals surface area (Å²) >= 11 is 0. The van der Waals surface area contributed by atoms with Gasteiger partial charge in [0.25, 0.3) is 0 Å². The van der Waals surface area contributed by atoms with E-state index in [-0.39, 0.29) is 0 Å². The molecule has 0 heterocycles. The van der Waals surface area contributed by atoms with Crippen molar-refractivity contribution in [2.75, 3.05) is 19.8 Å². The van der Waals surface area contributed by atoms with E-state index in [0.29, 0.717) is 0 Å². The molecule has 0 aromatic heterocycles. The molecule has 0 saturated heterocycles. The number of unbranched alkanes of at least 4 members (excludes halogenated alkanes) is 1. The first-order valence-corrected chi connectivity index (χ1v) is 4.52. The van der Waals surface area contributed by atoms with Crippen molar-refractivity contribution in [3.05, 3.63) is 0 Å². The molecule has 0 amide bonds. The summed E-state index contributed by atoms with van der Waals surface area (Å²) in [7, 11) is 2.94. The lowest BCUT2D eigenvalue weighted by molar-refractivity contribution is 0.599. The molecule has 0 aliphatic rings. The molecule has 0 N–H and O–H groups in total. The summed E-state index contributed by atoms with van der Waals surface area (Å²) in [5, 5.41) is 0. The zero-order valence-corrected chi connectivity index (χ0v) is 7.20. The maximum Gasteiger partial charge on any atom is 0.0937 e. The smallest absolute Gasteiger partial charge is 0.0937 e. The summed E-state index contributed by atoms with van der Waals surface area (Å²) in [6, 6.07) is 0. The van der Waals surface area contributed by atoms with E-state index in [4.69, 9.17) is 0 Å². The van der Waals surface area contributed by atoms with Crippen LogP contribution in [0.5, 0.6) is 0 Å². The minimum Gasteiger partial charge on any atom is -0.243 e. The Kier molecular flexibility index (Phi) is 5.00. The van der Waals surface area contributed by atoms with Crippen molar-refractivity contribution < 1.29 is 4.21 Å². The summed E-state index contributed by atoms with van der Waals surface area (Å²) in [5.74, 6) is 0.809. The van der Waals surface area contributed by atoms with Gasteiger partial charge < -0.3 is 0 Å². The highest BCUT2D eigenvalue weighted by atomic mass is 32.2. The number of hydrogen-bond acceptors (Lipinski definition) is 1. The molecule has 2 nitrogen and oxygen atoms in total. The topological polar surface area (TPSA) is 20.3 Å². The fraction of sp³-hybridized carbons (Fsp3) is 1.00. The summed E-state index contributed by atoms with van der Waals surface area (Å²) in [6.45, 7) is 2.10. The predicted octanol–water partition coefficient (Wildman–Crippen LogP) is 1.01. The molecule has 3 heteroatoms. The van der Waals surface area contributed by atoms with E-state index in [1.807, 2.05) is 14.1 Å². The summed E-state index contributed by atoms with van der Waals surface area (Å²) in [5.41, 5.74) is 0. The van der Waals surface area contributed by atoms with Crippen molar-refractivity contribution in [3.8, 4) is 0 Å². The second-order valence-corrected chi connectivity index (χ2v) is 3.97. The lowest BCUT2D eigenvalue weighted by Gasteiger charge is -2.06. The summed E-state index contributed by atoms with van der Waals surface area (Å²) in [6.07, 6.45) is 2.18. The first-order chi connectivity index (χ1) is 4.18. The van der Waals surface area contributed by atoms with E-state index in [9.17, 15) is 4.21 Å². The van der Waals surface area contributed by atoms with Gasteiger partial charge in [0, 0.05) is 5.75 Å². The second-order valence-electron chi connectivity index (χ2n) is 2.19. The molecule has 0 bridgehead atoms. The van der Waals surface area contributed by atoms with Crippen LogP contribution in [-0.2, 0) is 11.0 Å². The van der Waals surface area contributed by atoms with Crippen molar-refractivity contribution in [1.82, 2.24) is 4.31 Å². The van der Waals surface area contributed by atoms with Gasteiger partial charge in [-0.3, -0.25) is 0 Å². The monoisotopic (exact) mass is 149 g/mol. The van der Waals surface area contributed by atoms with Crippen molar-refractivity contribution in [2.24, 2.45) is 0 Å². The second kappa shape index (κ2) is 4.94. The molecule has 9 heavy (non-hydrogen) atoms. The fourth-order valence-electron chi connectivity index (χ4n) is 0.450. The maximum atomic E-state index is 10.9. The molecule has 1 unspecified atom stereocenters. The van der Waals surface area contributed by atoms with Crippen molar-refractivity contribution >= 4 is 11.0 Å². The Morgan fingerprint density at radius 3 is 2.33 bits per heavy atom. The zero-order chi connectivity index (χ0) is 7.28. The molecule has 0 spiro atoms. The quantitative estimate of drug-likeness (QED) is 0.584. The summed E-state index contributed by atoms with van der Waals surface area (Å²) in [4.78, 5) is 0. The standard InChI is InChI=1S/C6H15NOS/c1-4-5-6-9(8)7(2)3/h4-6H2,1-3H3. The Hall–Kier alpha value is 0.110. The molecule has 56 valence electrons. The lowest BCUT2D eigenvalue weighted by Crippen LogP contribution is -2.17. The highest BCUT2D eigenvalue weighted by molar-refractivity contribution is 7.82. The Labute approximate surface area is 59.8 Å². The van der Waals surface area contributed by atoms with E-state index in [0.717, 1.165) is 18.6 Å². The largest absolute Gasteiger partial charge is 0.243 e. The minimum absolute atomic E-state index is 0.738. The van der Waals surface area contributed by atoms with Gasteiger partial charge in [-0.2, -0.15) is 0 Å². The molecular formula is C6H15NOS. The number of hydrogen-bond donors (Lipinski definition) is 0. The molecule has 0 radical (unpaired) electrons. The van der Waals surface area contributed by atoms with Crippen LogP contribution >= 0.6 is 0 Å². The molecule has 0 aromatic carbocycles. The lowest BCUT2D eigenvalue weighted by atomic mass is 10.4. The van der Waals surface area contributed by atoms with Crippen LogP contribution in [-0.4, -0.2) is 28.4 Å². The van der Waals surface area contributed by atoms with Crippen LogP contribution in [0.25, 0.3) is 0 Å². The average Bonchev–Trinajstić information content (AvgIpc) is 1.82. The molecule has 0 saturated carbocycles. The van der Waals surface area contributed by atoms with E-state index < -0.39 is 11.0 Å². The third kappa shape index (κ3) is 4.60. The normalized spacial score (nSPS) is 14.2. The third-order valence-corrected chi connectivity index (χ3v) is 2.53. The van der Waals surface area contributed by atoms with Gasteiger partial charge in [-0.05, 0) is 20.5 Å². The fourth-order valence-corrected chi connectivity index (χ4v) is 1.35. The molecule has 0 aliphatic carbocycles. The van der Waals surface area contributed by atoms with Gasteiger partial charge in [0.15, 0.2) is 0 Å². The van der Waals surface area contributed by atoms with E-state index in [1.165, 1.54) is 0 Å². The van der Waals surface area contributed by atoms with Crippen molar-refractivity contribution in [1.29, 1.82) is 0 Å². The van der Waals surface area contributed by atoms with Crippen LogP contribution in [0.15, 0.2) is 0 Å². The molecule has 0 fully saturated rings. The molecule has 1 atom stereocenters. The van der Waals surface area contributed by atoms with Gasteiger partial charge in [-0.25, -0.2) is 8.51 Å². The number of nitrogens with zero attached hydrogens (tertiary/aromatic N) is 1. The van der Waals surface area contributed by atoms with Gasteiger partial charge in [-0.15, -0.1) is 0 Å². The van der Waals surface area contributed by atoms with E-state index in [1.54, 1.807) is 4.31 Å². The Balaban J connectivity index is 3.28. The predicted molar refractivity (Wildman–Crippen MR) is 41.6 cm³/mol. The molecule has 0 aromatic rings. The van der Waals surface area contributed by atoms with Crippen molar-refractivity contribution in [2.45, 2.75) is 19.8 Å². The average molecular weight is 149 g/mol. The molecule has 0 rings (SSSR count). The molecular weight excluding hydrogens is 134 g/mol. The van der Waals surface area contributed by atoms with E-state index in [2.05, 4.69) is 6.92 Å². The van der Waals surface area contributed by atoms with Crippen molar-refractivity contribution in [3.63, 3.8) is 0 Å². The number of rotatable bonds is 4. The van der Waals surface area contributed by atoms with Gasteiger partial charge >= 0.3 is 0 Å². The zero-order valence-electron chi connectivity index (χ0n) is 6.39. The molecule has 0 aliphatic heterocycles. The van der Waals surface area contributed by atoms with Crippen LogP contribution in [0.3, 0.4) is 0 Å². The van der Waals surface area contributed by atoms with Crippen LogP contribution in [0, 0.1) is 0 Å². The van der Waals surface area contributed by atoms with Gasteiger partial charge in [-0.1, -0.05) is 13.3 Å². The maximum absolute atomic E-state index is 10.9. The Morgan fingerprint density at radius 1 is 1.44 bits per heavy atom. The minimum atomic E-state index is -0.738. The van der Waals surface area contributed by atoms with Crippen LogP contribution in [0.1, 0.15) is 19.8 Å². The van der Waals surface area contributed by atoms with Crippen LogP contribution in [0.4, 0.5) is 0 Å². The Morgan fingerprint density at radius 2 is 2.00 bits per heavy atom. The summed E-state index contributed by atoms with van der Waals surface area (Å²) < 4.78 is 12.7. The highest BCUT2D eigenvalue weighted by Gasteiger charge is 1.98. The first kappa shape index (κ1) is 9.11. The highest BCUT2D eigenvalue weighted by Crippen LogP contribution is 1.93. The first-order valence-electron chi connectivity index (χ1n) is 3.24. The van der Waals surface area contributed by atoms with Gasteiger partial charge in [0.1, 0.15) is 0 Å². The van der Waals surface area contributed by atoms with Crippen LogP contribution in [0.2, 0.25) is 0 Å². The van der Waals surface area contributed by atoms with E-state index >= 15 is 0 Å². The van der Waals surface area contributed by atoms with Gasteiger partial charge in [0.05, 0.1) is 11.0 Å². The SMILES string of the molecule is CCCCS(=O)N(C)C.